The van der Waals surface area contributed by atoms with Gasteiger partial charge in [-0.05, 0) is 13.3 Å². The van der Waals surface area contributed by atoms with Crippen LogP contribution >= 0.6 is 7.82 Å². The second-order valence-electron chi connectivity index (χ2n) is 6.65. The predicted molar refractivity (Wildman–Crippen MR) is 105 cm³/mol. The standard InChI is InChI=1S/C19H37O7P/c1-4-5-6-7-8-9-10-11-12-13-16-24-27(22,26-21)25-17-14-15-23-19(20)18(2)3/h21H,2,4-17H2,1,3H3. The van der Waals surface area contributed by atoms with Crippen LogP contribution in [0.4, 0.5) is 0 Å². The third-order valence-corrected chi connectivity index (χ3v) is 5.16. The number of hydrogen-bond acceptors (Lipinski definition) is 7. The maximum atomic E-state index is 12.0. The van der Waals surface area contributed by atoms with E-state index in [-0.39, 0.29) is 19.8 Å². The zero-order valence-corrected chi connectivity index (χ0v) is 17.8. The lowest BCUT2D eigenvalue weighted by atomic mass is 10.1. The number of esters is 1. The van der Waals surface area contributed by atoms with Crippen molar-refractivity contribution in [3.05, 3.63) is 12.2 Å². The molecular weight excluding hydrogens is 371 g/mol. The summed E-state index contributed by atoms with van der Waals surface area (Å²) < 4.78 is 30.8. The van der Waals surface area contributed by atoms with Crippen molar-refractivity contribution in [3.63, 3.8) is 0 Å². The molecule has 0 aromatic carbocycles. The highest BCUT2D eigenvalue weighted by Gasteiger charge is 2.26. The minimum atomic E-state index is -3.96. The fourth-order valence-electron chi connectivity index (χ4n) is 2.37. The van der Waals surface area contributed by atoms with Crippen LogP contribution in [-0.4, -0.2) is 31.0 Å². The number of carbonyl (C=O) groups excluding carboxylic acids is 1. The van der Waals surface area contributed by atoms with E-state index in [1.165, 1.54) is 44.9 Å². The van der Waals surface area contributed by atoms with E-state index in [2.05, 4.69) is 18.2 Å². The Morgan fingerprint density at radius 2 is 1.33 bits per heavy atom. The van der Waals surface area contributed by atoms with Gasteiger partial charge in [0.1, 0.15) is 0 Å². The Kier molecular flexibility index (Phi) is 16.9. The maximum absolute atomic E-state index is 12.0. The van der Waals surface area contributed by atoms with Gasteiger partial charge in [0.25, 0.3) is 0 Å². The van der Waals surface area contributed by atoms with Crippen LogP contribution in [0.1, 0.15) is 84.5 Å². The van der Waals surface area contributed by atoms with Gasteiger partial charge >= 0.3 is 13.8 Å². The summed E-state index contributed by atoms with van der Waals surface area (Å²) in [5, 5.41) is 8.75. The van der Waals surface area contributed by atoms with E-state index in [0.29, 0.717) is 12.0 Å². The summed E-state index contributed by atoms with van der Waals surface area (Å²) in [6.45, 7) is 7.49. The largest absolute Gasteiger partial charge is 0.501 e. The molecule has 0 radical (unpaired) electrons. The Bertz CT molecular complexity index is 440. The van der Waals surface area contributed by atoms with Crippen LogP contribution in [0, 0.1) is 0 Å². The summed E-state index contributed by atoms with van der Waals surface area (Å²) in [6, 6.07) is 0. The molecule has 0 aromatic rings. The molecule has 160 valence electrons. The molecule has 0 bridgehead atoms. The van der Waals surface area contributed by atoms with Crippen LogP contribution < -0.4 is 0 Å². The number of hydrogen-bond donors (Lipinski definition) is 1. The molecular formula is C19H37O7P. The van der Waals surface area contributed by atoms with Crippen LogP contribution in [0.15, 0.2) is 12.2 Å². The Morgan fingerprint density at radius 3 is 1.81 bits per heavy atom. The van der Waals surface area contributed by atoms with Crippen molar-refractivity contribution >= 4 is 13.8 Å². The first-order chi connectivity index (χ1) is 12.9. The molecule has 1 N–H and O–H groups in total. The summed E-state index contributed by atoms with van der Waals surface area (Å²) in [4.78, 5) is 11.2. The van der Waals surface area contributed by atoms with Gasteiger partial charge in [0.05, 0.1) is 19.8 Å². The number of phosphoric acid groups is 1. The first kappa shape index (κ1) is 26.3. The van der Waals surface area contributed by atoms with Gasteiger partial charge in [-0.3, -0.25) is 9.05 Å². The minimum absolute atomic E-state index is 0.0284. The Labute approximate surface area is 164 Å². The quantitative estimate of drug-likeness (QED) is 0.0695. The first-order valence-electron chi connectivity index (χ1n) is 10.00. The van der Waals surface area contributed by atoms with Gasteiger partial charge in [0.15, 0.2) is 0 Å². The van der Waals surface area contributed by atoms with Gasteiger partial charge in [-0.2, -0.15) is 0 Å². The molecule has 7 nitrogen and oxygen atoms in total. The summed E-state index contributed by atoms with van der Waals surface area (Å²) in [5.74, 6) is -0.492. The van der Waals surface area contributed by atoms with Gasteiger partial charge in [-0.1, -0.05) is 71.3 Å². The molecule has 0 aliphatic rings. The van der Waals surface area contributed by atoms with Gasteiger partial charge in [0, 0.05) is 12.0 Å². The van der Waals surface area contributed by atoms with Gasteiger partial charge in [0.2, 0.25) is 0 Å². The molecule has 0 heterocycles. The molecule has 8 heteroatoms. The molecule has 0 aromatic heterocycles. The van der Waals surface area contributed by atoms with Crippen LogP contribution in [-0.2, 0) is 27.8 Å². The number of rotatable bonds is 19. The van der Waals surface area contributed by atoms with Crippen molar-refractivity contribution in [2.75, 3.05) is 19.8 Å². The molecule has 0 aliphatic heterocycles. The summed E-state index contributed by atoms with van der Waals surface area (Å²) >= 11 is 0. The lowest BCUT2D eigenvalue weighted by Crippen LogP contribution is -2.08. The summed E-state index contributed by atoms with van der Waals surface area (Å²) in [5.41, 5.74) is 0.306. The third-order valence-electron chi connectivity index (χ3n) is 3.97. The number of unbranched alkanes of at least 4 members (excludes halogenated alkanes) is 9. The van der Waals surface area contributed by atoms with Crippen molar-refractivity contribution in [2.45, 2.75) is 84.5 Å². The topological polar surface area (TPSA) is 91.3 Å². The fraction of sp³-hybridized carbons (Fsp3) is 0.842. The Morgan fingerprint density at radius 1 is 0.852 bits per heavy atom. The zero-order valence-electron chi connectivity index (χ0n) is 17.0. The normalized spacial score (nSPS) is 13.3. The zero-order chi connectivity index (χ0) is 20.4. The predicted octanol–water partition coefficient (Wildman–Crippen LogP) is 6.05. The first-order valence-corrected chi connectivity index (χ1v) is 11.5. The van der Waals surface area contributed by atoms with E-state index in [9.17, 15) is 9.36 Å². The highest BCUT2D eigenvalue weighted by molar-refractivity contribution is 7.48. The lowest BCUT2D eigenvalue weighted by molar-refractivity contribution is -0.166. The number of ether oxygens (including phenoxy) is 1. The number of phosphoric ester groups is 1. The average molecular weight is 408 g/mol. The second-order valence-corrected chi connectivity index (χ2v) is 8.22. The maximum Gasteiger partial charge on any atom is 0.501 e. The molecule has 0 fully saturated rings. The summed E-state index contributed by atoms with van der Waals surface area (Å²) in [7, 11) is -3.96. The van der Waals surface area contributed by atoms with Crippen molar-refractivity contribution in [1.82, 2.24) is 0 Å². The van der Waals surface area contributed by atoms with Crippen molar-refractivity contribution in [3.8, 4) is 0 Å². The monoisotopic (exact) mass is 408 g/mol. The van der Waals surface area contributed by atoms with Gasteiger partial charge in [-0.15, -0.1) is 4.67 Å². The Balaban J connectivity index is 3.61. The lowest BCUT2D eigenvalue weighted by Gasteiger charge is -2.14. The number of carbonyl (C=O) groups is 1. The van der Waals surface area contributed by atoms with Crippen LogP contribution in [0.3, 0.4) is 0 Å². The SMILES string of the molecule is C=C(C)C(=O)OCCCOP(=O)(OO)OCCCCCCCCCCCC. The molecule has 0 spiro atoms. The molecule has 1 unspecified atom stereocenters. The fourth-order valence-corrected chi connectivity index (χ4v) is 3.25. The van der Waals surface area contributed by atoms with E-state index in [0.717, 1.165) is 19.3 Å². The molecule has 0 saturated carbocycles. The highest BCUT2D eigenvalue weighted by atomic mass is 31.2. The molecule has 0 amide bonds. The van der Waals surface area contributed by atoms with Gasteiger partial charge in [-0.25, -0.2) is 14.6 Å². The third kappa shape index (κ3) is 16.0. The second kappa shape index (κ2) is 17.4. The van der Waals surface area contributed by atoms with E-state index in [1.54, 1.807) is 6.92 Å². The van der Waals surface area contributed by atoms with E-state index >= 15 is 0 Å². The van der Waals surface area contributed by atoms with E-state index < -0.39 is 13.8 Å². The molecule has 27 heavy (non-hydrogen) atoms. The van der Waals surface area contributed by atoms with E-state index in [1.807, 2.05) is 0 Å². The smallest absolute Gasteiger partial charge is 0.462 e. The van der Waals surface area contributed by atoms with Crippen LogP contribution in [0.2, 0.25) is 0 Å². The summed E-state index contributed by atoms with van der Waals surface area (Å²) in [6.07, 6.45) is 12.1. The molecule has 0 aliphatic carbocycles. The minimum Gasteiger partial charge on any atom is -0.462 e. The van der Waals surface area contributed by atoms with E-state index in [4.69, 9.17) is 19.0 Å². The van der Waals surface area contributed by atoms with Crippen molar-refractivity contribution < 1.29 is 33.1 Å². The molecule has 0 saturated heterocycles. The Hall–Kier alpha value is -0.720. The van der Waals surface area contributed by atoms with Crippen molar-refractivity contribution in [1.29, 1.82) is 0 Å². The molecule has 1 atom stereocenters. The van der Waals surface area contributed by atoms with Crippen LogP contribution in [0.5, 0.6) is 0 Å². The average Bonchev–Trinajstić information content (AvgIpc) is 2.65. The van der Waals surface area contributed by atoms with Crippen molar-refractivity contribution in [2.24, 2.45) is 0 Å². The molecule has 0 rings (SSSR count). The highest BCUT2D eigenvalue weighted by Crippen LogP contribution is 2.48. The van der Waals surface area contributed by atoms with Gasteiger partial charge < -0.3 is 4.74 Å². The van der Waals surface area contributed by atoms with Crippen LogP contribution in [0.25, 0.3) is 0 Å².